The lowest BCUT2D eigenvalue weighted by Gasteiger charge is -2.11. The van der Waals surface area contributed by atoms with Crippen molar-refractivity contribution in [2.24, 2.45) is 4.99 Å². The zero-order chi connectivity index (χ0) is 18.1. The van der Waals surface area contributed by atoms with Gasteiger partial charge in [-0.25, -0.2) is 4.98 Å². The van der Waals surface area contributed by atoms with Crippen molar-refractivity contribution in [1.82, 2.24) is 15.6 Å². The molecule has 2 N–H and O–H groups in total. The summed E-state index contributed by atoms with van der Waals surface area (Å²) in [4.78, 5) is 8.54. The fourth-order valence-corrected chi connectivity index (χ4v) is 2.25. The normalized spacial score (nSPS) is 11.0. The number of unbranched alkanes of at least 4 members (excludes halogenated alkanes) is 1. The fourth-order valence-electron chi connectivity index (χ4n) is 2.25. The fraction of sp³-hybridized carbons (Fsp3) is 0.474. The molecule has 0 aliphatic carbocycles. The predicted molar refractivity (Wildman–Crippen MR) is 116 cm³/mol. The van der Waals surface area contributed by atoms with Crippen LogP contribution in [0.15, 0.2) is 33.7 Å². The molecule has 0 bridgehead atoms. The van der Waals surface area contributed by atoms with E-state index < -0.39 is 0 Å². The second-order valence-electron chi connectivity index (χ2n) is 5.97. The van der Waals surface area contributed by atoms with Crippen molar-refractivity contribution in [3.05, 3.63) is 47.2 Å². The van der Waals surface area contributed by atoms with Crippen LogP contribution in [0.1, 0.15) is 35.7 Å². The van der Waals surface area contributed by atoms with Gasteiger partial charge in [0, 0.05) is 13.6 Å². The molecule has 2 aromatic rings. The number of halogens is 1. The summed E-state index contributed by atoms with van der Waals surface area (Å²) in [5.74, 6) is 3.19. The number of ether oxygens (including phenoxy) is 1. The van der Waals surface area contributed by atoms with E-state index in [0.717, 1.165) is 42.5 Å². The van der Waals surface area contributed by atoms with E-state index in [1.54, 1.807) is 7.05 Å². The molecule has 0 fully saturated rings. The smallest absolute Gasteiger partial charge is 0.214 e. The molecule has 1 aromatic heterocycles. The van der Waals surface area contributed by atoms with Crippen LogP contribution in [0, 0.1) is 20.8 Å². The van der Waals surface area contributed by atoms with Crippen LogP contribution in [0.3, 0.4) is 0 Å². The van der Waals surface area contributed by atoms with E-state index in [1.807, 2.05) is 26.0 Å². The Morgan fingerprint density at radius 1 is 1.12 bits per heavy atom. The highest BCUT2D eigenvalue weighted by molar-refractivity contribution is 14.0. The topological polar surface area (TPSA) is 71.7 Å². The van der Waals surface area contributed by atoms with Gasteiger partial charge in [0.2, 0.25) is 5.89 Å². The van der Waals surface area contributed by atoms with Gasteiger partial charge in [-0.3, -0.25) is 4.99 Å². The molecule has 0 aliphatic rings. The van der Waals surface area contributed by atoms with E-state index in [-0.39, 0.29) is 24.0 Å². The number of nitrogens with one attached hydrogen (secondary N) is 2. The summed E-state index contributed by atoms with van der Waals surface area (Å²) in [5.41, 5.74) is 2.17. The molecule has 0 aliphatic heterocycles. The number of hydrogen-bond donors (Lipinski definition) is 2. The summed E-state index contributed by atoms with van der Waals surface area (Å²) >= 11 is 0. The third-order valence-corrected chi connectivity index (χ3v) is 3.86. The standard InChI is InChI=1S/C19H28N4O2.HI/c1-14-7-9-17(10-8-14)24-12-6-5-11-21-19(20-4)22-13-18-23-15(2)16(3)25-18;/h7-10H,5-6,11-13H2,1-4H3,(H2,20,21,22);1H. The van der Waals surface area contributed by atoms with Gasteiger partial charge in [0.25, 0.3) is 0 Å². The lowest BCUT2D eigenvalue weighted by molar-refractivity contribution is 0.307. The van der Waals surface area contributed by atoms with E-state index >= 15 is 0 Å². The molecule has 2 rings (SSSR count). The van der Waals surface area contributed by atoms with E-state index in [4.69, 9.17) is 9.15 Å². The minimum Gasteiger partial charge on any atom is -0.494 e. The summed E-state index contributed by atoms with van der Waals surface area (Å²) in [5, 5.41) is 6.48. The molecule has 0 saturated carbocycles. The van der Waals surface area contributed by atoms with Crippen molar-refractivity contribution in [1.29, 1.82) is 0 Å². The van der Waals surface area contributed by atoms with Gasteiger partial charge in [0.05, 0.1) is 18.8 Å². The molecule has 7 heteroatoms. The van der Waals surface area contributed by atoms with Gasteiger partial charge < -0.3 is 19.8 Å². The van der Waals surface area contributed by atoms with E-state index in [1.165, 1.54) is 5.56 Å². The van der Waals surface area contributed by atoms with Crippen molar-refractivity contribution >= 4 is 29.9 Å². The Labute approximate surface area is 172 Å². The predicted octanol–water partition coefficient (Wildman–Crippen LogP) is 3.74. The largest absolute Gasteiger partial charge is 0.494 e. The molecular formula is C19H29IN4O2. The first-order chi connectivity index (χ1) is 12.1. The molecule has 0 unspecified atom stereocenters. The monoisotopic (exact) mass is 472 g/mol. The third kappa shape index (κ3) is 7.63. The first-order valence-electron chi connectivity index (χ1n) is 8.65. The van der Waals surface area contributed by atoms with E-state index in [2.05, 4.69) is 39.7 Å². The lowest BCUT2D eigenvalue weighted by Crippen LogP contribution is -2.37. The van der Waals surface area contributed by atoms with E-state index in [9.17, 15) is 0 Å². The average Bonchev–Trinajstić information content (AvgIpc) is 2.93. The van der Waals surface area contributed by atoms with Crippen molar-refractivity contribution in [2.45, 2.75) is 40.2 Å². The highest BCUT2D eigenvalue weighted by Gasteiger charge is 2.06. The summed E-state index contributed by atoms with van der Waals surface area (Å²) in [6.45, 7) is 7.99. The highest BCUT2D eigenvalue weighted by atomic mass is 127. The van der Waals surface area contributed by atoms with Crippen LogP contribution in [-0.4, -0.2) is 31.1 Å². The van der Waals surface area contributed by atoms with Gasteiger partial charge in [-0.15, -0.1) is 24.0 Å². The Hall–Kier alpha value is -1.77. The second kappa shape index (κ2) is 11.8. The number of aromatic nitrogens is 1. The molecule has 6 nitrogen and oxygen atoms in total. The Morgan fingerprint density at radius 2 is 1.85 bits per heavy atom. The maximum atomic E-state index is 5.72. The molecule has 144 valence electrons. The molecule has 0 atom stereocenters. The van der Waals surface area contributed by atoms with Gasteiger partial charge >= 0.3 is 0 Å². The number of rotatable bonds is 8. The first-order valence-corrected chi connectivity index (χ1v) is 8.65. The molecule has 26 heavy (non-hydrogen) atoms. The average molecular weight is 472 g/mol. The first kappa shape index (κ1) is 22.3. The zero-order valence-electron chi connectivity index (χ0n) is 16.0. The van der Waals surface area contributed by atoms with Crippen molar-refractivity contribution in [2.75, 3.05) is 20.2 Å². The SMILES string of the molecule is CN=C(NCCCCOc1ccc(C)cc1)NCc1nc(C)c(C)o1.I. The van der Waals surface area contributed by atoms with Crippen LogP contribution in [0.5, 0.6) is 5.75 Å². The highest BCUT2D eigenvalue weighted by Crippen LogP contribution is 2.11. The molecular weight excluding hydrogens is 443 g/mol. The number of hydrogen-bond acceptors (Lipinski definition) is 4. The number of oxazole rings is 1. The van der Waals surface area contributed by atoms with Crippen molar-refractivity contribution in [3.8, 4) is 5.75 Å². The van der Waals surface area contributed by atoms with Crippen molar-refractivity contribution in [3.63, 3.8) is 0 Å². The van der Waals surface area contributed by atoms with Gasteiger partial charge in [-0.05, 0) is 45.7 Å². The minimum atomic E-state index is 0. The zero-order valence-corrected chi connectivity index (χ0v) is 18.3. The lowest BCUT2D eigenvalue weighted by atomic mass is 10.2. The maximum Gasteiger partial charge on any atom is 0.214 e. The quantitative estimate of drug-likeness (QED) is 0.265. The van der Waals surface area contributed by atoms with Gasteiger partial charge in [-0.1, -0.05) is 17.7 Å². The number of nitrogens with zero attached hydrogens (tertiary/aromatic N) is 2. The number of aliphatic imine (C=N–C) groups is 1. The molecule has 0 saturated heterocycles. The number of aryl methyl sites for hydroxylation is 3. The van der Waals surface area contributed by atoms with Crippen LogP contribution in [0.25, 0.3) is 0 Å². The number of guanidine groups is 1. The number of benzene rings is 1. The van der Waals surface area contributed by atoms with Gasteiger partial charge in [0.15, 0.2) is 5.96 Å². The minimum absolute atomic E-state index is 0. The second-order valence-corrected chi connectivity index (χ2v) is 5.97. The molecule has 1 aromatic carbocycles. The third-order valence-electron chi connectivity index (χ3n) is 3.86. The van der Waals surface area contributed by atoms with Crippen LogP contribution >= 0.6 is 24.0 Å². The Balaban J connectivity index is 0.00000338. The summed E-state index contributed by atoms with van der Waals surface area (Å²) in [7, 11) is 1.75. The Morgan fingerprint density at radius 3 is 2.46 bits per heavy atom. The van der Waals surface area contributed by atoms with Crippen LogP contribution < -0.4 is 15.4 Å². The summed E-state index contributed by atoms with van der Waals surface area (Å²) < 4.78 is 11.3. The van der Waals surface area contributed by atoms with Crippen LogP contribution in [-0.2, 0) is 6.54 Å². The summed E-state index contributed by atoms with van der Waals surface area (Å²) in [6, 6.07) is 8.13. The molecule has 0 spiro atoms. The van der Waals surface area contributed by atoms with Crippen LogP contribution in [0.2, 0.25) is 0 Å². The molecule has 0 amide bonds. The molecule has 1 heterocycles. The molecule has 0 radical (unpaired) electrons. The summed E-state index contributed by atoms with van der Waals surface area (Å²) in [6.07, 6.45) is 1.99. The Kier molecular flexibility index (Phi) is 10.1. The maximum absolute atomic E-state index is 5.72. The van der Waals surface area contributed by atoms with E-state index in [0.29, 0.717) is 19.0 Å². The van der Waals surface area contributed by atoms with Gasteiger partial charge in [0.1, 0.15) is 11.5 Å². The van der Waals surface area contributed by atoms with Crippen LogP contribution in [0.4, 0.5) is 0 Å². The van der Waals surface area contributed by atoms with Gasteiger partial charge in [-0.2, -0.15) is 0 Å². The van der Waals surface area contributed by atoms with Crippen molar-refractivity contribution < 1.29 is 9.15 Å². The Bertz CT molecular complexity index is 664.